The number of hydrogen-bond donors (Lipinski definition) is 2. The molecule has 0 fully saturated rings. The summed E-state index contributed by atoms with van der Waals surface area (Å²) in [7, 11) is 0. The lowest BCUT2D eigenvalue weighted by Gasteiger charge is -2.27. The lowest BCUT2D eigenvalue weighted by Crippen LogP contribution is -2.55. The van der Waals surface area contributed by atoms with Crippen LogP contribution in [0, 0.1) is 0 Å². The Balaban J connectivity index is 2.34. The van der Waals surface area contributed by atoms with Gasteiger partial charge in [-0.2, -0.15) is 13.2 Å². The van der Waals surface area contributed by atoms with E-state index in [0.29, 0.717) is 19.3 Å². The molecule has 1 aromatic rings. The molecule has 0 saturated carbocycles. The third-order valence-corrected chi connectivity index (χ3v) is 4.21. The van der Waals surface area contributed by atoms with Gasteiger partial charge in [-0.15, -0.1) is 0 Å². The fourth-order valence-electron chi connectivity index (χ4n) is 2.52. The van der Waals surface area contributed by atoms with E-state index in [2.05, 4.69) is 0 Å². The van der Waals surface area contributed by atoms with Crippen molar-refractivity contribution < 1.29 is 27.8 Å². The maximum absolute atomic E-state index is 12.3. The predicted molar refractivity (Wildman–Crippen MR) is 98.1 cm³/mol. The molecule has 152 valence electrons. The van der Waals surface area contributed by atoms with Crippen molar-refractivity contribution in [2.45, 2.75) is 63.8 Å². The number of carbonyl (C=O) groups excluding carboxylic acids is 1. The molecule has 0 aliphatic rings. The van der Waals surface area contributed by atoms with Gasteiger partial charge < -0.3 is 15.6 Å². The summed E-state index contributed by atoms with van der Waals surface area (Å²) < 4.78 is 41.8. The van der Waals surface area contributed by atoms with Crippen LogP contribution < -0.4 is 5.73 Å². The number of hydrogen-bond acceptors (Lipinski definition) is 4. The summed E-state index contributed by atoms with van der Waals surface area (Å²) in [6.45, 7) is 3.32. The minimum absolute atomic E-state index is 0.204. The zero-order valence-electron chi connectivity index (χ0n) is 15.8. The number of benzene rings is 1. The van der Waals surface area contributed by atoms with Gasteiger partial charge in [0, 0.05) is 0 Å². The molecule has 7 heteroatoms. The second-order valence-corrected chi connectivity index (χ2v) is 6.71. The normalized spacial score (nSPS) is 15.5. The number of alkyl halides is 3. The SMILES string of the molecule is CCOC(=O)C(C)(N)C(O)CC/C=C/CCc1ccc(CC(F)(F)F)cc1. The van der Waals surface area contributed by atoms with Crippen molar-refractivity contribution in [1.82, 2.24) is 0 Å². The Kier molecular flexibility index (Phi) is 8.99. The lowest BCUT2D eigenvalue weighted by atomic mass is 9.92. The quantitative estimate of drug-likeness (QED) is 0.474. The second-order valence-electron chi connectivity index (χ2n) is 6.71. The lowest BCUT2D eigenvalue weighted by molar-refractivity contribution is -0.153. The van der Waals surface area contributed by atoms with Gasteiger partial charge in [0.2, 0.25) is 0 Å². The molecule has 0 radical (unpaired) electrons. The van der Waals surface area contributed by atoms with Gasteiger partial charge in [0.25, 0.3) is 0 Å². The van der Waals surface area contributed by atoms with Crippen LogP contribution in [-0.2, 0) is 22.4 Å². The first-order chi connectivity index (χ1) is 12.6. The molecule has 0 aliphatic carbocycles. The summed E-state index contributed by atoms with van der Waals surface area (Å²) in [5, 5.41) is 10.1. The Bertz CT molecular complexity index is 610. The largest absolute Gasteiger partial charge is 0.465 e. The summed E-state index contributed by atoms with van der Waals surface area (Å²) >= 11 is 0. The molecule has 0 saturated heterocycles. The van der Waals surface area contributed by atoms with Crippen LogP contribution in [0.3, 0.4) is 0 Å². The van der Waals surface area contributed by atoms with E-state index in [4.69, 9.17) is 10.5 Å². The molecule has 4 nitrogen and oxygen atoms in total. The number of aliphatic hydroxyl groups is 1. The molecular weight excluding hydrogens is 359 g/mol. The highest BCUT2D eigenvalue weighted by Gasteiger charge is 2.37. The number of allylic oxidation sites excluding steroid dienone is 2. The number of ether oxygens (including phenoxy) is 1. The van der Waals surface area contributed by atoms with E-state index in [-0.39, 0.29) is 12.2 Å². The average molecular weight is 387 g/mol. The molecule has 3 N–H and O–H groups in total. The van der Waals surface area contributed by atoms with E-state index in [1.54, 1.807) is 19.1 Å². The number of aryl methyl sites for hydroxylation is 1. The highest BCUT2D eigenvalue weighted by atomic mass is 19.4. The molecule has 0 amide bonds. The zero-order valence-corrected chi connectivity index (χ0v) is 15.8. The van der Waals surface area contributed by atoms with Gasteiger partial charge in [-0.3, -0.25) is 0 Å². The Morgan fingerprint density at radius 1 is 1.19 bits per heavy atom. The van der Waals surface area contributed by atoms with Crippen LogP contribution in [-0.4, -0.2) is 35.5 Å². The number of aliphatic hydroxyl groups excluding tert-OH is 1. The summed E-state index contributed by atoms with van der Waals surface area (Å²) in [4.78, 5) is 11.7. The Morgan fingerprint density at radius 3 is 2.30 bits per heavy atom. The number of nitrogens with two attached hydrogens (primary N) is 1. The van der Waals surface area contributed by atoms with Crippen LogP contribution >= 0.6 is 0 Å². The van der Waals surface area contributed by atoms with Crippen LogP contribution in [0.15, 0.2) is 36.4 Å². The average Bonchev–Trinajstić information content (AvgIpc) is 2.58. The van der Waals surface area contributed by atoms with Crippen molar-refractivity contribution in [1.29, 1.82) is 0 Å². The van der Waals surface area contributed by atoms with Gasteiger partial charge >= 0.3 is 12.1 Å². The minimum Gasteiger partial charge on any atom is -0.465 e. The molecule has 0 bridgehead atoms. The predicted octanol–water partition coefficient (Wildman–Crippen LogP) is 3.70. The summed E-state index contributed by atoms with van der Waals surface area (Å²) in [6, 6.07) is 6.41. The monoisotopic (exact) mass is 387 g/mol. The first kappa shape index (κ1) is 23.2. The van der Waals surface area contributed by atoms with E-state index < -0.39 is 30.2 Å². The molecule has 27 heavy (non-hydrogen) atoms. The standard InChI is InChI=1S/C20H28F3NO3/c1-3-27-18(26)19(2,24)17(25)9-7-5-4-6-8-15-10-12-16(13-11-15)14-20(21,22)23/h4-5,10-13,17,25H,3,6-9,14,24H2,1-2H3/b5-4+. The maximum Gasteiger partial charge on any atom is 0.393 e. The number of esters is 1. The highest BCUT2D eigenvalue weighted by molar-refractivity contribution is 5.80. The first-order valence-electron chi connectivity index (χ1n) is 9.00. The molecular formula is C20H28F3NO3. The van der Waals surface area contributed by atoms with E-state index in [9.17, 15) is 23.1 Å². The highest BCUT2D eigenvalue weighted by Crippen LogP contribution is 2.21. The van der Waals surface area contributed by atoms with Crippen LogP contribution in [0.5, 0.6) is 0 Å². The molecule has 2 atom stereocenters. The Morgan fingerprint density at radius 2 is 1.74 bits per heavy atom. The van der Waals surface area contributed by atoms with Crippen LogP contribution in [0.4, 0.5) is 13.2 Å². The van der Waals surface area contributed by atoms with Crippen molar-refractivity contribution in [3.05, 3.63) is 47.5 Å². The van der Waals surface area contributed by atoms with Crippen LogP contribution in [0.1, 0.15) is 44.2 Å². The van der Waals surface area contributed by atoms with Gasteiger partial charge in [0.1, 0.15) is 5.54 Å². The number of carbonyl (C=O) groups is 1. The summed E-state index contributed by atoms with van der Waals surface area (Å²) in [6.07, 6.45) is 0.0317. The van der Waals surface area contributed by atoms with Crippen LogP contribution in [0.2, 0.25) is 0 Å². The minimum atomic E-state index is -4.19. The third-order valence-electron chi connectivity index (χ3n) is 4.21. The topological polar surface area (TPSA) is 72.5 Å². The molecule has 0 spiro atoms. The van der Waals surface area contributed by atoms with Crippen molar-refractivity contribution in [2.24, 2.45) is 5.73 Å². The fraction of sp³-hybridized carbons (Fsp3) is 0.550. The maximum atomic E-state index is 12.3. The molecule has 0 aromatic heterocycles. The van der Waals surface area contributed by atoms with E-state index in [1.165, 1.54) is 19.1 Å². The van der Waals surface area contributed by atoms with Gasteiger partial charge in [-0.05, 0) is 50.7 Å². The number of rotatable bonds is 10. The smallest absolute Gasteiger partial charge is 0.393 e. The van der Waals surface area contributed by atoms with Gasteiger partial charge in [0.15, 0.2) is 0 Å². The molecule has 0 heterocycles. The van der Waals surface area contributed by atoms with E-state index >= 15 is 0 Å². The second kappa shape index (κ2) is 10.5. The summed E-state index contributed by atoms with van der Waals surface area (Å²) in [5.41, 5.74) is 5.61. The van der Waals surface area contributed by atoms with Crippen LogP contribution in [0.25, 0.3) is 0 Å². The van der Waals surface area contributed by atoms with Crippen molar-refractivity contribution in [2.75, 3.05) is 6.61 Å². The van der Waals surface area contributed by atoms with Crippen molar-refractivity contribution >= 4 is 5.97 Å². The molecule has 0 aliphatic heterocycles. The Hall–Kier alpha value is -1.86. The zero-order chi connectivity index (χ0) is 20.5. The van der Waals surface area contributed by atoms with Gasteiger partial charge in [-0.25, -0.2) is 4.79 Å². The third kappa shape index (κ3) is 8.58. The number of halogens is 3. The summed E-state index contributed by atoms with van der Waals surface area (Å²) in [5.74, 6) is -0.629. The van der Waals surface area contributed by atoms with Gasteiger partial charge in [0.05, 0.1) is 19.1 Å². The van der Waals surface area contributed by atoms with E-state index in [0.717, 1.165) is 12.0 Å². The molecule has 1 aromatic carbocycles. The van der Waals surface area contributed by atoms with E-state index in [1.807, 2.05) is 12.2 Å². The fourth-order valence-corrected chi connectivity index (χ4v) is 2.52. The van der Waals surface area contributed by atoms with Gasteiger partial charge in [-0.1, -0.05) is 36.4 Å². The Labute approximate surface area is 158 Å². The van der Waals surface area contributed by atoms with Crippen molar-refractivity contribution in [3.63, 3.8) is 0 Å². The van der Waals surface area contributed by atoms with Crippen molar-refractivity contribution in [3.8, 4) is 0 Å². The first-order valence-corrected chi connectivity index (χ1v) is 9.00. The molecule has 1 rings (SSSR count). The molecule has 2 unspecified atom stereocenters.